The third-order valence-electron chi connectivity index (χ3n) is 5.37. The summed E-state index contributed by atoms with van der Waals surface area (Å²) in [5, 5.41) is 5.66. The number of unbranched alkanes of at least 4 members (excludes halogenated alkanes) is 2. The SMILES string of the molecule is CCCCCNC(=O)C(c1ccc(C)cc1C)N(C(=O)C(C)NC(=O)OC(C)(C)C)C(C)(C)C. The number of carbonyl (C=O) groups excluding carboxylic acids is 3. The lowest BCUT2D eigenvalue weighted by molar-refractivity contribution is -0.148. The molecule has 0 saturated heterocycles. The number of ether oxygens (including phenoxy) is 1. The van der Waals surface area contributed by atoms with Crippen molar-refractivity contribution < 1.29 is 19.1 Å². The fourth-order valence-electron chi connectivity index (χ4n) is 3.81. The van der Waals surface area contributed by atoms with Crippen molar-refractivity contribution in [3.05, 3.63) is 34.9 Å². The number of carbonyl (C=O) groups is 3. The van der Waals surface area contributed by atoms with Crippen LogP contribution in [0.5, 0.6) is 0 Å². The highest BCUT2D eigenvalue weighted by atomic mass is 16.6. The van der Waals surface area contributed by atoms with Crippen molar-refractivity contribution in [2.75, 3.05) is 6.54 Å². The van der Waals surface area contributed by atoms with Crippen molar-refractivity contribution in [1.82, 2.24) is 15.5 Å². The summed E-state index contributed by atoms with van der Waals surface area (Å²) in [6.45, 7) is 19.2. The van der Waals surface area contributed by atoms with Gasteiger partial charge < -0.3 is 20.3 Å². The van der Waals surface area contributed by atoms with E-state index in [9.17, 15) is 14.4 Å². The molecule has 1 rings (SSSR count). The van der Waals surface area contributed by atoms with Crippen molar-refractivity contribution in [2.45, 2.75) is 112 Å². The number of hydrogen-bond donors (Lipinski definition) is 2. The van der Waals surface area contributed by atoms with Gasteiger partial charge in [-0.1, -0.05) is 43.5 Å². The topological polar surface area (TPSA) is 87.7 Å². The average molecular weight is 476 g/mol. The highest BCUT2D eigenvalue weighted by Crippen LogP contribution is 2.32. The molecule has 0 aliphatic rings. The lowest BCUT2D eigenvalue weighted by Gasteiger charge is -2.43. The molecule has 0 aromatic heterocycles. The molecule has 0 heterocycles. The molecule has 0 aliphatic heterocycles. The summed E-state index contributed by atoms with van der Waals surface area (Å²) >= 11 is 0. The van der Waals surface area contributed by atoms with E-state index >= 15 is 0 Å². The maximum Gasteiger partial charge on any atom is 0.408 e. The first-order valence-electron chi connectivity index (χ1n) is 12.3. The van der Waals surface area contributed by atoms with Crippen LogP contribution < -0.4 is 10.6 Å². The predicted molar refractivity (Wildman–Crippen MR) is 137 cm³/mol. The Morgan fingerprint density at radius 1 is 1.03 bits per heavy atom. The van der Waals surface area contributed by atoms with E-state index in [1.165, 1.54) is 0 Å². The van der Waals surface area contributed by atoms with Gasteiger partial charge in [-0.25, -0.2) is 4.79 Å². The molecule has 2 atom stereocenters. The largest absolute Gasteiger partial charge is 0.444 e. The third kappa shape index (κ3) is 8.99. The summed E-state index contributed by atoms with van der Waals surface area (Å²) in [5.41, 5.74) is 1.41. The lowest BCUT2D eigenvalue weighted by atomic mass is 9.92. The van der Waals surface area contributed by atoms with Crippen molar-refractivity contribution in [3.8, 4) is 0 Å². The maximum atomic E-state index is 13.7. The third-order valence-corrected chi connectivity index (χ3v) is 5.37. The van der Waals surface area contributed by atoms with Gasteiger partial charge in [-0.2, -0.15) is 0 Å². The average Bonchev–Trinajstić information content (AvgIpc) is 2.66. The second-order valence-corrected chi connectivity index (χ2v) is 11.0. The van der Waals surface area contributed by atoms with Crippen molar-refractivity contribution in [2.24, 2.45) is 0 Å². The van der Waals surface area contributed by atoms with Crippen LogP contribution in [0.1, 0.15) is 97.4 Å². The minimum atomic E-state index is -0.879. The molecule has 2 unspecified atom stereocenters. The van der Waals surface area contributed by atoms with Gasteiger partial charge in [0.2, 0.25) is 11.8 Å². The summed E-state index contributed by atoms with van der Waals surface area (Å²) < 4.78 is 5.32. The highest BCUT2D eigenvalue weighted by Gasteiger charge is 2.41. The summed E-state index contributed by atoms with van der Waals surface area (Å²) in [6.07, 6.45) is 2.28. The van der Waals surface area contributed by atoms with E-state index in [-0.39, 0.29) is 11.8 Å². The van der Waals surface area contributed by atoms with Crippen LogP contribution in [-0.2, 0) is 14.3 Å². The minimum absolute atomic E-state index is 0.226. The maximum absolute atomic E-state index is 13.7. The summed E-state index contributed by atoms with van der Waals surface area (Å²) in [5.74, 6) is -0.581. The molecule has 0 aliphatic carbocycles. The van der Waals surface area contributed by atoms with E-state index in [1.54, 1.807) is 32.6 Å². The Kier molecular flexibility index (Phi) is 10.6. The first kappa shape index (κ1) is 29.5. The molecule has 0 fully saturated rings. The Bertz CT molecular complexity index is 852. The van der Waals surface area contributed by atoms with Gasteiger partial charge in [-0.15, -0.1) is 0 Å². The molecule has 0 spiro atoms. The van der Waals surface area contributed by atoms with Crippen molar-refractivity contribution in [3.63, 3.8) is 0 Å². The van der Waals surface area contributed by atoms with Crippen LogP contribution in [0.25, 0.3) is 0 Å². The molecule has 34 heavy (non-hydrogen) atoms. The predicted octanol–water partition coefficient (Wildman–Crippen LogP) is 5.19. The van der Waals surface area contributed by atoms with Gasteiger partial charge in [-0.3, -0.25) is 9.59 Å². The number of hydrogen-bond acceptors (Lipinski definition) is 4. The molecule has 1 aromatic carbocycles. The van der Waals surface area contributed by atoms with Crippen molar-refractivity contribution in [1.29, 1.82) is 0 Å². The number of aryl methyl sites for hydroxylation is 2. The minimum Gasteiger partial charge on any atom is -0.444 e. The first-order chi connectivity index (χ1) is 15.6. The van der Waals surface area contributed by atoms with Gasteiger partial charge in [0.15, 0.2) is 0 Å². The molecule has 0 radical (unpaired) electrons. The van der Waals surface area contributed by atoms with Gasteiger partial charge >= 0.3 is 6.09 Å². The van der Waals surface area contributed by atoms with E-state index in [0.29, 0.717) is 6.54 Å². The highest BCUT2D eigenvalue weighted by molar-refractivity contribution is 5.92. The number of rotatable bonds is 9. The Labute approximate surface area is 206 Å². The normalized spacial score (nSPS) is 13.6. The zero-order valence-corrected chi connectivity index (χ0v) is 22.8. The van der Waals surface area contributed by atoms with E-state index in [4.69, 9.17) is 4.74 Å². The van der Waals surface area contributed by atoms with E-state index in [0.717, 1.165) is 36.0 Å². The van der Waals surface area contributed by atoms with Crippen LogP contribution in [-0.4, -0.2) is 46.5 Å². The quantitative estimate of drug-likeness (QED) is 0.481. The molecule has 0 saturated carbocycles. The molecule has 7 heteroatoms. The van der Waals surface area contributed by atoms with E-state index in [2.05, 4.69) is 17.6 Å². The Hall–Kier alpha value is -2.57. The number of alkyl carbamates (subject to hydrolysis) is 1. The molecule has 192 valence electrons. The summed E-state index contributed by atoms with van der Waals surface area (Å²) in [6, 6.07) is 4.17. The number of nitrogens with zero attached hydrogens (tertiary/aromatic N) is 1. The molecule has 0 bridgehead atoms. The smallest absolute Gasteiger partial charge is 0.408 e. The molecule has 2 N–H and O–H groups in total. The van der Waals surface area contributed by atoms with E-state index in [1.807, 2.05) is 52.8 Å². The second-order valence-electron chi connectivity index (χ2n) is 11.0. The van der Waals surface area contributed by atoms with Crippen molar-refractivity contribution >= 4 is 17.9 Å². The van der Waals surface area contributed by atoms with Gasteiger partial charge in [-0.05, 0) is 79.9 Å². The standard InChI is InChI=1S/C27H45N3O4/c1-11-12-13-16-28-23(31)22(21-15-14-18(2)17-19(21)3)30(26(5,6)7)24(32)20(4)29-25(33)34-27(8,9)10/h14-15,17,20,22H,11-13,16H2,1-10H3,(H,28,31)(H,29,33). The Balaban J connectivity index is 3.38. The van der Waals surface area contributed by atoms with Gasteiger partial charge in [0.1, 0.15) is 17.7 Å². The molecule has 1 aromatic rings. The van der Waals surface area contributed by atoms with Crippen LogP contribution in [0.4, 0.5) is 4.79 Å². The second kappa shape index (κ2) is 12.2. The zero-order valence-electron chi connectivity index (χ0n) is 22.8. The van der Waals surface area contributed by atoms with Crippen LogP contribution in [0.15, 0.2) is 18.2 Å². The van der Waals surface area contributed by atoms with Crippen LogP contribution in [0, 0.1) is 13.8 Å². The Morgan fingerprint density at radius 2 is 1.65 bits per heavy atom. The molecule has 3 amide bonds. The molecular formula is C27H45N3O4. The molecule has 7 nitrogen and oxygen atoms in total. The summed E-state index contributed by atoms with van der Waals surface area (Å²) in [4.78, 5) is 41.2. The van der Waals surface area contributed by atoms with Crippen LogP contribution >= 0.6 is 0 Å². The van der Waals surface area contributed by atoms with Gasteiger partial charge in [0, 0.05) is 12.1 Å². The zero-order chi connectivity index (χ0) is 26.3. The molecular weight excluding hydrogens is 430 g/mol. The fourth-order valence-corrected chi connectivity index (χ4v) is 3.81. The van der Waals surface area contributed by atoms with E-state index < -0.39 is 29.3 Å². The monoisotopic (exact) mass is 475 g/mol. The van der Waals surface area contributed by atoms with Gasteiger partial charge in [0.25, 0.3) is 0 Å². The number of nitrogens with one attached hydrogen (secondary N) is 2. The fraction of sp³-hybridized carbons (Fsp3) is 0.667. The number of benzene rings is 1. The Morgan fingerprint density at radius 3 is 2.15 bits per heavy atom. The van der Waals surface area contributed by atoms with Crippen LogP contribution in [0.3, 0.4) is 0 Å². The van der Waals surface area contributed by atoms with Crippen LogP contribution in [0.2, 0.25) is 0 Å². The summed E-state index contributed by atoms with van der Waals surface area (Å²) in [7, 11) is 0. The van der Waals surface area contributed by atoms with Gasteiger partial charge in [0.05, 0.1) is 0 Å². The number of amides is 3. The first-order valence-corrected chi connectivity index (χ1v) is 12.3. The lowest BCUT2D eigenvalue weighted by Crippen LogP contribution is -2.58.